The lowest BCUT2D eigenvalue weighted by Crippen LogP contribution is -2.61. The highest BCUT2D eigenvalue weighted by Crippen LogP contribution is 2.54. The summed E-state index contributed by atoms with van der Waals surface area (Å²) in [6.45, 7) is 25.6. The van der Waals surface area contributed by atoms with Crippen molar-refractivity contribution in [2.24, 2.45) is 0 Å². The summed E-state index contributed by atoms with van der Waals surface area (Å²) in [5.74, 6) is 0. The highest BCUT2D eigenvalue weighted by Gasteiger charge is 2.46. The van der Waals surface area contributed by atoms with Crippen molar-refractivity contribution in [2.45, 2.75) is 105 Å². The Labute approximate surface area is 662 Å². The van der Waals surface area contributed by atoms with Crippen LogP contribution in [0.5, 0.6) is 0 Å². The van der Waals surface area contributed by atoms with Gasteiger partial charge in [0.1, 0.15) is 6.07 Å². The van der Waals surface area contributed by atoms with E-state index in [1.165, 1.54) is 4.57 Å². The molecule has 19 rings (SSSR count). The molecule has 2 aliphatic heterocycles. The van der Waals surface area contributed by atoms with Crippen LogP contribution < -0.4 is 26.2 Å². The van der Waals surface area contributed by atoms with Crippen molar-refractivity contribution in [3.8, 4) is 62.6 Å². The molecule has 530 valence electrons. The number of anilines is 6. The van der Waals surface area contributed by atoms with Crippen molar-refractivity contribution in [1.29, 1.82) is 10.5 Å². The number of nitrogens with zero attached hydrogens (tertiary/aromatic N) is 7. The summed E-state index contributed by atoms with van der Waals surface area (Å²) in [6.07, 6.45) is 0. The molecule has 110 heavy (non-hydrogen) atoms. The minimum atomic E-state index is -0.870. The van der Waals surface area contributed by atoms with Crippen LogP contribution in [0.1, 0.15) is 134 Å². The third kappa shape index (κ3) is 10.7. The van der Waals surface area contributed by atoms with E-state index in [0.717, 1.165) is 111 Å². The third-order valence-corrected chi connectivity index (χ3v) is 22.6. The average Bonchev–Trinajstić information content (AvgIpc) is 1.12. The lowest BCUT2D eigenvalue weighted by atomic mass is 9.33. The van der Waals surface area contributed by atoms with Crippen molar-refractivity contribution in [3.63, 3.8) is 0 Å². The van der Waals surface area contributed by atoms with Gasteiger partial charge in [0.2, 0.25) is 0 Å². The monoisotopic (exact) mass is 1430 g/mol. The molecule has 17 aromatic rings. The molecule has 3 aromatic heterocycles. The Bertz CT molecular complexity index is 7390. The Morgan fingerprint density at radius 1 is 0.309 bits per heavy atom. The Hall–Kier alpha value is -12.9. The van der Waals surface area contributed by atoms with Gasteiger partial charge in [-0.25, -0.2) is 0 Å². The summed E-state index contributed by atoms with van der Waals surface area (Å²) in [7, 11) is 0. The molecule has 0 atom stereocenters. The maximum Gasteiger partial charge on any atom is 0.252 e. The van der Waals surface area contributed by atoms with Crippen LogP contribution >= 0.6 is 0 Å². The highest BCUT2D eigenvalue weighted by molar-refractivity contribution is 7.00. The van der Waals surface area contributed by atoms with E-state index in [9.17, 15) is 24.2 Å². The highest BCUT2D eigenvalue weighted by atomic mass is 15.2. The second kappa shape index (κ2) is 24.8. The normalized spacial score (nSPS) is 14.7. The van der Waals surface area contributed by atoms with Gasteiger partial charge in [-0.2, -0.15) is 10.5 Å². The lowest BCUT2D eigenvalue weighted by Gasteiger charge is -2.45. The standard InChI is InChI=1S/C102H84BN7/c1-99(2,3)69-39-47-88-82(53-69)83-54-70(100(4,5)6)40-48-89(83)108(88)75-59-95-97-96(60-75)110(98-78(65-28-18-14-19-29-65)55-72(102(10,11)12)56-79(98)66-30-20-15-21-31-66)92-46-38-67(64-26-16-13-17-27-64)51-85(92)103(97)84-44-43-74(106-86-34-24-22-32-76(86)77-33-23-25-35-87(77)106)58-94(84)107(95)73-42-37-68(62-105)93(57-73)109-90-45-36-63(61-104)50-80(90)81-52-71(101(7,8)9)41-49-91(81)109/h13-60H,1-12H3/i13D,16D,17D,22D,23D,24D,25D,26D,27D,32D,33D,34D,35D. The molecular weight excluding hydrogens is 1330 g/mol. The van der Waals surface area contributed by atoms with Gasteiger partial charge in [-0.3, -0.25) is 0 Å². The van der Waals surface area contributed by atoms with E-state index >= 15 is 0 Å². The first-order valence-electron chi connectivity index (χ1n) is 44.0. The molecule has 0 saturated carbocycles. The first-order valence-corrected chi connectivity index (χ1v) is 37.5. The molecule has 0 aliphatic carbocycles. The van der Waals surface area contributed by atoms with E-state index in [2.05, 4.69) is 217 Å². The molecule has 0 fully saturated rings. The Balaban J connectivity index is 1.04. The smallest absolute Gasteiger partial charge is 0.252 e. The van der Waals surface area contributed by atoms with Crippen LogP contribution in [0.25, 0.3) is 116 Å². The number of benzene rings is 14. The predicted molar refractivity (Wildman–Crippen MR) is 464 cm³/mol. The van der Waals surface area contributed by atoms with Crippen LogP contribution in [0, 0.1) is 22.7 Å². The van der Waals surface area contributed by atoms with E-state index in [-0.39, 0.29) is 49.3 Å². The molecule has 0 spiro atoms. The Kier molecular flexibility index (Phi) is 12.3. The summed E-state index contributed by atoms with van der Waals surface area (Å²) in [4.78, 5) is 4.53. The van der Waals surface area contributed by atoms with Crippen LogP contribution in [0.4, 0.5) is 34.1 Å². The summed E-state index contributed by atoms with van der Waals surface area (Å²) in [6, 6.07) is 70.8. The van der Waals surface area contributed by atoms with Gasteiger partial charge in [-0.15, -0.1) is 0 Å². The number of nitriles is 2. The number of fused-ring (bicyclic) bond motifs is 13. The molecule has 0 amide bonds. The van der Waals surface area contributed by atoms with Crippen LogP contribution in [0.15, 0.2) is 291 Å². The van der Waals surface area contributed by atoms with Gasteiger partial charge in [0, 0.05) is 77.6 Å². The average molecular weight is 1430 g/mol. The molecule has 0 unspecified atom stereocenters. The zero-order valence-corrected chi connectivity index (χ0v) is 63.4. The fourth-order valence-electron chi connectivity index (χ4n) is 17.0. The topological polar surface area (TPSA) is 68.8 Å². The van der Waals surface area contributed by atoms with Crippen molar-refractivity contribution in [2.75, 3.05) is 9.80 Å². The summed E-state index contributed by atoms with van der Waals surface area (Å²) >= 11 is 0. The van der Waals surface area contributed by atoms with Crippen LogP contribution in [-0.2, 0) is 21.7 Å². The first-order chi connectivity index (χ1) is 58.4. The summed E-state index contributed by atoms with van der Waals surface area (Å²) < 4.78 is 129. The fraction of sp³-hybridized carbons (Fsp3) is 0.157. The van der Waals surface area contributed by atoms with E-state index in [0.29, 0.717) is 56.1 Å². The van der Waals surface area contributed by atoms with Gasteiger partial charge in [0.05, 0.1) is 85.2 Å². The number of hydrogen-bond donors (Lipinski definition) is 0. The molecule has 2 aliphatic rings. The minimum Gasteiger partial charge on any atom is -0.311 e. The Morgan fingerprint density at radius 2 is 0.782 bits per heavy atom. The molecule has 14 aromatic carbocycles. The van der Waals surface area contributed by atoms with Gasteiger partial charge in [0.25, 0.3) is 6.71 Å². The first kappa shape index (κ1) is 54.7. The number of para-hydroxylation sites is 2. The van der Waals surface area contributed by atoms with E-state index < -0.39 is 90.7 Å². The maximum atomic E-state index is 11.8. The van der Waals surface area contributed by atoms with Crippen molar-refractivity contribution < 1.29 is 17.8 Å². The SMILES string of the molecule is [2H]c1c([2H])c([2H])c(-c2ccc3c(c2)B2c4ccc(-n5c6c([2H])c([2H])c([2H])c([2H])c6c6c([2H])c([2H])c([2H])c([2H])c65)cc4N(c4ccc(C#N)c(-n5c6ccc(C#N)cc6c6cc(C(C)(C)C)ccc65)c4)c4cc(-n5c6ccc(C(C)(C)C)cc6c6cc(C(C)(C)C)ccc65)cc(c42)N3c2c(-c3ccccc3)cc(C(C)(C)C)cc2-c2ccccc2)c([2H])c1[2H]. The second-order valence-electron chi connectivity index (χ2n) is 33.5. The number of rotatable bonds is 8. The van der Waals surface area contributed by atoms with Crippen molar-refractivity contribution >= 4 is 123 Å². The largest absolute Gasteiger partial charge is 0.311 e. The Morgan fingerprint density at radius 3 is 1.32 bits per heavy atom. The minimum absolute atomic E-state index is 0.0149. The van der Waals surface area contributed by atoms with E-state index in [1.54, 1.807) is 6.07 Å². The molecular formula is C102H84BN7. The van der Waals surface area contributed by atoms with E-state index in [4.69, 9.17) is 4.11 Å². The van der Waals surface area contributed by atoms with Gasteiger partial charge < -0.3 is 23.5 Å². The van der Waals surface area contributed by atoms with Gasteiger partial charge >= 0.3 is 0 Å². The zero-order valence-electron chi connectivity index (χ0n) is 76.4. The van der Waals surface area contributed by atoms with E-state index in [1.807, 2.05) is 103 Å². The van der Waals surface area contributed by atoms with Crippen LogP contribution in [0.2, 0.25) is 0 Å². The molecule has 0 radical (unpaired) electrons. The third-order valence-electron chi connectivity index (χ3n) is 22.6. The molecule has 0 bridgehead atoms. The summed E-state index contributed by atoms with van der Waals surface area (Å²) in [5, 5.41) is 25.9. The number of hydrogen-bond acceptors (Lipinski definition) is 4. The molecule has 5 heterocycles. The lowest BCUT2D eigenvalue weighted by molar-refractivity contribution is 0.590. The molecule has 7 nitrogen and oxygen atoms in total. The van der Waals surface area contributed by atoms with Crippen LogP contribution in [-0.4, -0.2) is 20.4 Å². The molecule has 0 saturated heterocycles. The van der Waals surface area contributed by atoms with Crippen molar-refractivity contribution in [3.05, 3.63) is 324 Å². The number of aromatic nitrogens is 3. The second-order valence-corrected chi connectivity index (χ2v) is 33.5. The zero-order chi connectivity index (χ0) is 86.9. The quantitative estimate of drug-likeness (QED) is 0.142. The van der Waals surface area contributed by atoms with Crippen LogP contribution in [0.3, 0.4) is 0 Å². The fourth-order valence-corrected chi connectivity index (χ4v) is 17.0. The van der Waals surface area contributed by atoms with Crippen molar-refractivity contribution in [1.82, 2.24) is 13.7 Å². The maximum absolute atomic E-state index is 11.8. The molecule has 0 N–H and O–H groups in total. The van der Waals surface area contributed by atoms with Gasteiger partial charge in [-0.05, 0) is 210 Å². The van der Waals surface area contributed by atoms with Gasteiger partial charge in [0.15, 0.2) is 0 Å². The predicted octanol–water partition coefficient (Wildman–Crippen LogP) is 25.0. The van der Waals surface area contributed by atoms with Gasteiger partial charge in [-0.1, -0.05) is 247 Å². The summed E-state index contributed by atoms with van der Waals surface area (Å²) in [5.41, 5.74) is 18.4. The molecule has 8 heteroatoms.